The van der Waals surface area contributed by atoms with E-state index in [9.17, 15) is 8.78 Å². The molecule has 94 valence electrons. The fourth-order valence-corrected chi connectivity index (χ4v) is 2.23. The van der Waals surface area contributed by atoms with E-state index >= 15 is 0 Å². The minimum absolute atomic E-state index is 0.139. The predicted octanol–water partition coefficient (Wildman–Crippen LogP) is 2.07. The molecule has 0 aliphatic carbocycles. The molecule has 1 heterocycles. The lowest BCUT2D eigenvalue weighted by atomic mass is 10.1. The Morgan fingerprint density at radius 1 is 1.24 bits per heavy atom. The first kappa shape index (κ1) is 12.7. The van der Waals surface area contributed by atoms with Crippen molar-refractivity contribution in [3.63, 3.8) is 0 Å². The third-order valence-electron chi connectivity index (χ3n) is 2.98. The van der Waals surface area contributed by atoms with Crippen molar-refractivity contribution in [1.29, 1.82) is 0 Å². The molecule has 0 unspecified atom stereocenters. The summed E-state index contributed by atoms with van der Waals surface area (Å²) in [6, 6.07) is 2.23. The Kier molecular flexibility index (Phi) is 4.31. The molecule has 0 spiro atoms. The van der Waals surface area contributed by atoms with Gasteiger partial charge in [-0.05, 0) is 24.1 Å². The molecule has 1 saturated heterocycles. The molecule has 1 fully saturated rings. The second-order valence-corrected chi connectivity index (χ2v) is 4.61. The SMILES string of the molecule is Fc1cc(Cl)c(F)c(CCN2CCNCC2)c1. The fourth-order valence-electron chi connectivity index (χ4n) is 2.00. The number of nitrogens with one attached hydrogen (secondary N) is 1. The maximum atomic E-state index is 13.6. The van der Waals surface area contributed by atoms with Crippen LogP contribution in [0.3, 0.4) is 0 Å². The van der Waals surface area contributed by atoms with Crippen LogP contribution in [-0.4, -0.2) is 37.6 Å². The Labute approximate surface area is 105 Å². The monoisotopic (exact) mass is 260 g/mol. The molecule has 1 aliphatic rings. The summed E-state index contributed by atoms with van der Waals surface area (Å²) < 4.78 is 26.7. The van der Waals surface area contributed by atoms with Gasteiger partial charge in [0.2, 0.25) is 0 Å². The molecule has 5 heteroatoms. The standard InChI is InChI=1S/C12H15ClF2N2/c13-11-8-10(14)7-9(12(11)15)1-4-17-5-2-16-3-6-17/h7-8,16H,1-6H2. The highest BCUT2D eigenvalue weighted by molar-refractivity contribution is 6.30. The van der Waals surface area contributed by atoms with E-state index in [4.69, 9.17) is 11.6 Å². The van der Waals surface area contributed by atoms with Gasteiger partial charge in [-0.2, -0.15) is 0 Å². The Morgan fingerprint density at radius 2 is 1.94 bits per heavy atom. The van der Waals surface area contributed by atoms with Gasteiger partial charge in [0.15, 0.2) is 0 Å². The molecule has 0 saturated carbocycles. The van der Waals surface area contributed by atoms with Crippen LogP contribution in [0.2, 0.25) is 5.02 Å². The van der Waals surface area contributed by atoms with Crippen molar-refractivity contribution in [3.05, 3.63) is 34.4 Å². The van der Waals surface area contributed by atoms with Gasteiger partial charge >= 0.3 is 0 Å². The van der Waals surface area contributed by atoms with E-state index in [2.05, 4.69) is 10.2 Å². The Hall–Kier alpha value is -0.710. The quantitative estimate of drug-likeness (QED) is 0.837. The van der Waals surface area contributed by atoms with E-state index in [0.29, 0.717) is 12.0 Å². The number of hydrogen-bond acceptors (Lipinski definition) is 2. The van der Waals surface area contributed by atoms with E-state index in [1.54, 1.807) is 0 Å². The van der Waals surface area contributed by atoms with Crippen molar-refractivity contribution in [3.8, 4) is 0 Å². The third kappa shape index (κ3) is 3.37. The van der Waals surface area contributed by atoms with Crippen molar-refractivity contribution in [2.45, 2.75) is 6.42 Å². The number of halogens is 3. The minimum atomic E-state index is -0.497. The fraction of sp³-hybridized carbons (Fsp3) is 0.500. The first-order chi connectivity index (χ1) is 8.16. The zero-order valence-corrected chi connectivity index (χ0v) is 10.2. The van der Waals surface area contributed by atoms with Gasteiger partial charge in [-0.1, -0.05) is 11.6 Å². The molecule has 0 radical (unpaired) electrons. The highest BCUT2D eigenvalue weighted by atomic mass is 35.5. The molecule has 0 atom stereocenters. The zero-order valence-electron chi connectivity index (χ0n) is 9.48. The number of benzene rings is 1. The summed E-state index contributed by atoms with van der Waals surface area (Å²) in [5, 5.41) is 3.11. The number of piperazine rings is 1. The van der Waals surface area contributed by atoms with Crippen LogP contribution >= 0.6 is 11.6 Å². The molecule has 1 N–H and O–H groups in total. The predicted molar refractivity (Wildman–Crippen MR) is 64.4 cm³/mol. The summed E-state index contributed by atoms with van der Waals surface area (Å²) in [5.41, 5.74) is 0.355. The minimum Gasteiger partial charge on any atom is -0.314 e. The van der Waals surface area contributed by atoms with E-state index in [1.807, 2.05) is 0 Å². The molecule has 1 aromatic carbocycles. The summed E-state index contributed by atoms with van der Waals surface area (Å²) in [7, 11) is 0. The highest BCUT2D eigenvalue weighted by Crippen LogP contribution is 2.20. The van der Waals surface area contributed by atoms with Crippen LogP contribution < -0.4 is 5.32 Å². The Morgan fingerprint density at radius 3 is 2.65 bits per heavy atom. The Bertz CT molecular complexity index is 392. The number of hydrogen-bond donors (Lipinski definition) is 1. The maximum absolute atomic E-state index is 13.6. The topological polar surface area (TPSA) is 15.3 Å². The largest absolute Gasteiger partial charge is 0.314 e. The molecule has 0 amide bonds. The molecule has 2 nitrogen and oxygen atoms in total. The second kappa shape index (κ2) is 5.76. The summed E-state index contributed by atoms with van der Waals surface area (Å²) in [5.74, 6) is -0.977. The van der Waals surface area contributed by atoms with Crippen LogP contribution in [-0.2, 0) is 6.42 Å². The summed E-state index contributed by atoms with van der Waals surface area (Å²) >= 11 is 5.60. The smallest absolute Gasteiger partial charge is 0.145 e. The molecule has 2 rings (SSSR count). The van der Waals surface area contributed by atoms with Crippen LogP contribution in [0.4, 0.5) is 8.78 Å². The Balaban J connectivity index is 1.98. The van der Waals surface area contributed by atoms with Gasteiger partial charge < -0.3 is 10.2 Å². The molecule has 0 aromatic heterocycles. The number of rotatable bonds is 3. The molecule has 1 aliphatic heterocycles. The van der Waals surface area contributed by atoms with Crippen LogP contribution in [0.1, 0.15) is 5.56 Å². The van der Waals surface area contributed by atoms with Crippen molar-refractivity contribution in [1.82, 2.24) is 10.2 Å². The van der Waals surface area contributed by atoms with Crippen LogP contribution in [0, 0.1) is 11.6 Å². The van der Waals surface area contributed by atoms with Crippen LogP contribution in [0.5, 0.6) is 0 Å². The van der Waals surface area contributed by atoms with Crippen LogP contribution in [0.25, 0.3) is 0 Å². The van der Waals surface area contributed by atoms with Crippen molar-refractivity contribution in [2.24, 2.45) is 0 Å². The average Bonchev–Trinajstić information content (AvgIpc) is 2.33. The molecule has 17 heavy (non-hydrogen) atoms. The molecule has 1 aromatic rings. The van der Waals surface area contributed by atoms with Crippen LogP contribution in [0.15, 0.2) is 12.1 Å². The van der Waals surface area contributed by atoms with Gasteiger partial charge in [-0.15, -0.1) is 0 Å². The zero-order chi connectivity index (χ0) is 12.3. The first-order valence-electron chi connectivity index (χ1n) is 5.73. The van der Waals surface area contributed by atoms with Gasteiger partial charge in [0, 0.05) is 32.7 Å². The second-order valence-electron chi connectivity index (χ2n) is 4.20. The van der Waals surface area contributed by atoms with Gasteiger partial charge in [0.25, 0.3) is 0 Å². The lowest BCUT2D eigenvalue weighted by molar-refractivity contribution is 0.243. The first-order valence-corrected chi connectivity index (χ1v) is 6.11. The third-order valence-corrected chi connectivity index (χ3v) is 3.25. The van der Waals surface area contributed by atoms with Crippen molar-refractivity contribution < 1.29 is 8.78 Å². The van der Waals surface area contributed by atoms with Gasteiger partial charge in [-0.3, -0.25) is 0 Å². The number of nitrogens with zero attached hydrogens (tertiary/aromatic N) is 1. The molecule has 0 bridgehead atoms. The van der Waals surface area contributed by atoms with Crippen molar-refractivity contribution in [2.75, 3.05) is 32.7 Å². The summed E-state index contributed by atoms with van der Waals surface area (Å²) in [4.78, 5) is 2.23. The normalized spacial score (nSPS) is 17.4. The lowest BCUT2D eigenvalue weighted by Crippen LogP contribution is -2.44. The van der Waals surface area contributed by atoms with Gasteiger partial charge in [0.05, 0.1) is 5.02 Å². The van der Waals surface area contributed by atoms with E-state index in [1.165, 1.54) is 6.07 Å². The molecular weight excluding hydrogens is 246 g/mol. The van der Waals surface area contributed by atoms with E-state index < -0.39 is 11.6 Å². The molecular formula is C12H15ClF2N2. The lowest BCUT2D eigenvalue weighted by Gasteiger charge is -2.27. The van der Waals surface area contributed by atoms with E-state index in [-0.39, 0.29) is 5.02 Å². The highest BCUT2D eigenvalue weighted by Gasteiger charge is 2.13. The maximum Gasteiger partial charge on any atom is 0.145 e. The summed E-state index contributed by atoms with van der Waals surface area (Å²) in [6.07, 6.45) is 0.489. The van der Waals surface area contributed by atoms with Gasteiger partial charge in [0.1, 0.15) is 11.6 Å². The average molecular weight is 261 g/mol. The van der Waals surface area contributed by atoms with Gasteiger partial charge in [-0.25, -0.2) is 8.78 Å². The summed E-state index contributed by atoms with van der Waals surface area (Å²) in [6.45, 7) is 4.53. The van der Waals surface area contributed by atoms with E-state index in [0.717, 1.165) is 38.8 Å². The van der Waals surface area contributed by atoms with Crippen molar-refractivity contribution >= 4 is 11.6 Å².